The van der Waals surface area contributed by atoms with E-state index in [1.165, 1.54) is 11.1 Å². The van der Waals surface area contributed by atoms with Crippen molar-refractivity contribution in [1.29, 1.82) is 0 Å². The number of piperidine rings is 1. The fourth-order valence-corrected chi connectivity index (χ4v) is 3.87. The predicted octanol–water partition coefficient (Wildman–Crippen LogP) is 4.21. The van der Waals surface area contributed by atoms with Gasteiger partial charge in [-0.05, 0) is 54.9 Å². The molecular formula is C23H27N5O. The number of amides is 1. The zero-order chi connectivity index (χ0) is 20.1. The summed E-state index contributed by atoms with van der Waals surface area (Å²) >= 11 is 0. The van der Waals surface area contributed by atoms with Crippen molar-refractivity contribution in [2.24, 2.45) is 5.92 Å². The molecule has 0 bridgehead atoms. The van der Waals surface area contributed by atoms with Crippen molar-refractivity contribution in [2.45, 2.75) is 32.6 Å². The topological polar surface area (TPSA) is 73.9 Å². The number of nitrogens with one attached hydrogen (secondary N) is 2. The Labute approximate surface area is 171 Å². The molecule has 2 aromatic carbocycles. The van der Waals surface area contributed by atoms with Crippen LogP contribution >= 0.6 is 0 Å². The second-order valence-electron chi connectivity index (χ2n) is 7.62. The van der Waals surface area contributed by atoms with E-state index in [2.05, 4.69) is 64.0 Å². The van der Waals surface area contributed by atoms with Gasteiger partial charge >= 0.3 is 0 Å². The molecule has 150 valence electrons. The van der Waals surface area contributed by atoms with E-state index >= 15 is 0 Å². The standard InChI is InChI=1S/C23H27N5O/c1-2-17-8-10-20(11-9-17)24-22-21(25-27-26-22)23(29)28-14-12-19(13-15-28)16-18-6-4-3-5-7-18/h3-11,19H,2,12-16H2,1H3,(H2,24,25,26,27). The number of anilines is 2. The number of H-pyrrole nitrogens is 1. The fourth-order valence-electron chi connectivity index (χ4n) is 3.87. The second-order valence-corrected chi connectivity index (χ2v) is 7.62. The molecule has 0 spiro atoms. The minimum absolute atomic E-state index is 0.0652. The van der Waals surface area contributed by atoms with Gasteiger partial charge in [0.2, 0.25) is 0 Å². The molecule has 4 rings (SSSR count). The van der Waals surface area contributed by atoms with Crippen molar-refractivity contribution in [3.8, 4) is 0 Å². The molecule has 1 aromatic heterocycles. The maximum atomic E-state index is 13.0. The molecule has 3 aromatic rings. The zero-order valence-corrected chi connectivity index (χ0v) is 16.8. The molecule has 6 heteroatoms. The lowest BCUT2D eigenvalue weighted by Gasteiger charge is -2.31. The fraction of sp³-hybridized carbons (Fsp3) is 0.348. The van der Waals surface area contributed by atoms with Crippen LogP contribution in [-0.4, -0.2) is 39.3 Å². The van der Waals surface area contributed by atoms with Gasteiger partial charge in [0.05, 0.1) is 0 Å². The highest BCUT2D eigenvalue weighted by atomic mass is 16.2. The van der Waals surface area contributed by atoms with Crippen LogP contribution in [0, 0.1) is 5.92 Å². The molecule has 2 N–H and O–H groups in total. The Kier molecular flexibility index (Phi) is 5.89. The molecule has 2 heterocycles. The Balaban J connectivity index is 1.36. The molecule has 6 nitrogen and oxygen atoms in total. The molecule has 1 amide bonds. The van der Waals surface area contributed by atoms with E-state index in [0.29, 0.717) is 17.4 Å². The maximum absolute atomic E-state index is 13.0. The maximum Gasteiger partial charge on any atom is 0.278 e. The van der Waals surface area contributed by atoms with Crippen molar-refractivity contribution in [3.63, 3.8) is 0 Å². The molecule has 0 atom stereocenters. The van der Waals surface area contributed by atoms with Gasteiger partial charge in [-0.1, -0.05) is 49.4 Å². The largest absolute Gasteiger partial charge is 0.337 e. The number of nitrogens with zero attached hydrogens (tertiary/aromatic N) is 3. The minimum atomic E-state index is -0.0652. The van der Waals surface area contributed by atoms with Gasteiger partial charge in [0.25, 0.3) is 5.91 Å². The summed E-state index contributed by atoms with van der Waals surface area (Å²) in [6, 6.07) is 18.7. The third-order valence-electron chi connectivity index (χ3n) is 5.64. The van der Waals surface area contributed by atoms with Gasteiger partial charge in [0.15, 0.2) is 11.5 Å². The molecule has 1 aliphatic heterocycles. The molecule has 1 aliphatic rings. The Hall–Kier alpha value is -3.15. The number of hydrogen-bond donors (Lipinski definition) is 2. The van der Waals surface area contributed by atoms with E-state index in [0.717, 1.165) is 44.5 Å². The van der Waals surface area contributed by atoms with Crippen LogP contribution in [0.15, 0.2) is 54.6 Å². The monoisotopic (exact) mass is 389 g/mol. The van der Waals surface area contributed by atoms with Crippen molar-refractivity contribution < 1.29 is 4.79 Å². The summed E-state index contributed by atoms with van der Waals surface area (Å²) in [6.45, 7) is 3.64. The number of aromatic amines is 1. The number of carbonyl (C=O) groups is 1. The Morgan fingerprint density at radius 2 is 1.76 bits per heavy atom. The van der Waals surface area contributed by atoms with Gasteiger partial charge in [-0.25, -0.2) is 0 Å². The molecular weight excluding hydrogens is 362 g/mol. The summed E-state index contributed by atoms with van der Waals surface area (Å²) in [5.41, 5.74) is 3.89. The highest BCUT2D eigenvalue weighted by Gasteiger charge is 2.27. The van der Waals surface area contributed by atoms with Gasteiger partial charge in [0, 0.05) is 18.8 Å². The summed E-state index contributed by atoms with van der Waals surface area (Å²) in [6.07, 6.45) is 4.10. The molecule has 1 saturated heterocycles. The zero-order valence-electron chi connectivity index (χ0n) is 16.8. The summed E-state index contributed by atoms with van der Waals surface area (Å²) in [5, 5.41) is 14.1. The number of aromatic nitrogens is 3. The number of hydrogen-bond acceptors (Lipinski definition) is 4. The summed E-state index contributed by atoms with van der Waals surface area (Å²) < 4.78 is 0. The van der Waals surface area contributed by atoms with Gasteiger partial charge < -0.3 is 10.2 Å². The van der Waals surface area contributed by atoms with Crippen LogP contribution in [-0.2, 0) is 12.8 Å². The number of aryl methyl sites for hydroxylation is 1. The third-order valence-corrected chi connectivity index (χ3v) is 5.64. The smallest absolute Gasteiger partial charge is 0.278 e. The Bertz CT molecular complexity index is 927. The molecule has 0 aliphatic carbocycles. The molecule has 1 fully saturated rings. The highest BCUT2D eigenvalue weighted by molar-refractivity contribution is 5.97. The predicted molar refractivity (Wildman–Crippen MR) is 114 cm³/mol. The first-order valence-corrected chi connectivity index (χ1v) is 10.3. The number of likely N-dealkylation sites (tertiary alicyclic amines) is 1. The summed E-state index contributed by atoms with van der Waals surface area (Å²) in [4.78, 5) is 14.9. The van der Waals surface area contributed by atoms with Gasteiger partial charge in [-0.3, -0.25) is 4.79 Å². The first-order chi connectivity index (χ1) is 14.2. The van der Waals surface area contributed by atoms with Gasteiger partial charge in [-0.15, -0.1) is 10.2 Å². The summed E-state index contributed by atoms with van der Waals surface area (Å²) in [5.74, 6) is 1.03. The van der Waals surface area contributed by atoms with Crippen molar-refractivity contribution >= 4 is 17.4 Å². The van der Waals surface area contributed by atoms with E-state index in [-0.39, 0.29) is 5.91 Å². The van der Waals surface area contributed by atoms with Gasteiger partial charge in [-0.2, -0.15) is 5.21 Å². The van der Waals surface area contributed by atoms with Crippen LogP contribution in [0.2, 0.25) is 0 Å². The summed E-state index contributed by atoms with van der Waals surface area (Å²) in [7, 11) is 0. The highest BCUT2D eigenvalue weighted by Crippen LogP contribution is 2.24. The second kappa shape index (κ2) is 8.90. The van der Waals surface area contributed by atoms with E-state index < -0.39 is 0 Å². The van der Waals surface area contributed by atoms with Crippen LogP contribution in [0.5, 0.6) is 0 Å². The first-order valence-electron chi connectivity index (χ1n) is 10.3. The van der Waals surface area contributed by atoms with Crippen LogP contribution in [0.1, 0.15) is 41.4 Å². The number of carbonyl (C=O) groups excluding carboxylic acids is 1. The Morgan fingerprint density at radius 3 is 2.45 bits per heavy atom. The molecule has 0 unspecified atom stereocenters. The lowest BCUT2D eigenvalue weighted by molar-refractivity contribution is 0.0685. The van der Waals surface area contributed by atoms with E-state index in [4.69, 9.17) is 0 Å². The lowest BCUT2D eigenvalue weighted by Crippen LogP contribution is -2.39. The quantitative estimate of drug-likeness (QED) is 0.662. The van der Waals surface area contributed by atoms with E-state index in [1.807, 2.05) is 23.1 Å². The SMILES string of the molecule is CCc1ccc(Nc2n[nH]nc2C(=O)N2CCC(Cc3ccccc3)CC2)cc1. The van der Waals surface area contributed by atoms with Crippen LogP contribution in [0.4, 0.5) is 11.5 Å². The van der Waals surface area contributed by atoms with Crippen LogP contribution in [0.3, 0.4) is 0 Å². The number of rotatable bonds is 6. The van der Waals surface area contributed by atoms with E-state index in [9.17, 15) is 4.79 Å². The Morgan fingerprint density at radius 1 is 1.03 bits per heavy atom. The van der Waals surface area contributed by atoms with E-state index in [1.54, 1.807) is 0 Å². The lowest BCUT2D eigenvalue weighted by atomic mass is 9.90. The molecule has 0 saturated carbocycles. The average Bonchev–Trinajstić information content (AvgIpc) is 3.23. The minimum Gasteiger partial charge on any atom is -0.337 e. The normalized spacial score (nSPS) is 14.7. The molecule has 0 radical (unpaired) electrons. The third kappa shape index (κ3) is 4.65. The van der Waals surface area contributed by atoms with Crippen LogP contribution in [0.25, 0.3) is 0 Å². The van der Waals surface area contributed by atoms with Crippen molar-refractivity contribution in [2.75, 3.05) is 18.4 Å². The molecule has 29 heavy (non-hydrogen) atoms. The van der Waals surface area contributed by atoms with Crippen molar-refractivity contribution in [1.82, 2.24) is 20.3 Å². The first kappa shape index (κ1) is 19.2. The van der Waals surface area contributed by atoms with Crippen molar-refractivity contribution in [3.05, 3.63) is 71.4 Å². The average molecular weight is 390 g/mol. The van der Waals surface area contributed by atoms with Crippen LogP contribution < -0.4 is 5.32 Å². The number of benzene rings is 2. The van der Waals surface area contributed by atoms with Gasteiger partial charge in [0.1, 0.15) is 0 Å².